The molecular formula is C14H21N3O. The number of rotatable bonds is 6. The Morgan fingerprint density at radius 2 is 2.17 bits per heavy atom. The molecule has 2 rings (SSSR count). The zero-order valence-electron chi connectivity index (χ0n) is 10.8. The first-order chi connectivity index (χ1) is 8.70. The Kier molecular flexibility index (Phi) is 4.36. The summed E-state index contributed by atoms with van der Waals surface area (Å²) in [7, 11) is 2.01. The normalized spacial score (nSPS) is 13.3. The lowest BCUT2D eigenvalue weighted by molar-refractivity contribution is 0.133. The molecule has 0 amide bonds. The number of H-pyrrole nitrogens is 1. The Hall–Kier alpha value is -1.36. The number of fused-ring (bicyclic) bond motifs is 1. The Morgan fingerprint density at radius 3 is 2.94 bits per heavy atom. The molecule has 1 unspecified atom stereocenters. The monoisotopic (exact) mass is 247 g/mol. The standard InChI is InChI=1S/C14H21N3O/c1-17(10-12(18)8-15)7-6-11-9-16-14-5-3-2-4-13(11)14/h2-5,9,12,16,18H,6-8,10,15H2,1H3. The molecule has 0 saturated carbocycles. The number of aliphatic hydroxyl groups is 1. The van der Waals surface area contributed by atoms with Gasteiger partial charge in [0.25, 0.3) is 0 Å². The summed E-state index contributed by atoms with van der Waals surface area (Å²) in [5, 5.41) is 10.8. The van der Waals surface area contributed by atoms with E-state index in [0.29, 0.717) is 13.1 Å². The predicted octanol–water partition coefficient (Wildman–Crippen LogP) is 0.962. The minimum absolute atomic E-state index is 0.317. The van der Waals surface area contributed by atoms with Crippen LogP contribution < -0.4 is 5.73 Å². The first-order valence-corrected chi connectivity index (χ1v) is 6.32. The zero-order valence-corrected chi connectivity index (χ0v) is 10.8. The van der Waals surface area contributed by atoms with E-state index in [1.165, 1.54) is 16.5 Å². The van der Waals surface area contributed by atoms with Gasteiger partial charge in [0.05, 0.1) is 6.10 Å². The van der Waals surface area contributed by atoms with Crippen molar-refractivity contribution in [1.29, 1.82) is 0 Å². The molecule has 4 nitrogen and oxygen atoms in total. The van der Waals surface area contributed by atoms with Crippen LogP contribution in [0.1, 0.15) is 5.56 Å². The second-order valence-corrected chi connectivity index (χ2v) is 4.76. The van der Waals surface area contributed by atoms with Gasteiger partial charge in [0.1, 0.15) is 0 Å². The van der Waals surface area contributed by atoms with Crippen molar-refractivity contribution in [2.45, 2.75) is 12.5 Å². The van der Waals surface area contributed by atoms with E-state index in [1.54, 1.807) is 0 Å². The van der Waals surface area contributed by atoms with Crippen LogP contribution >= 0.6 is 0 Å². The van der Waals surface area contributed by atoms with Gasteiger partial charge in [0.2, 0.25) is 0 Å². The highest BCUT2D eigenvalue weighted by atomic mass is 16.3. The Labute approximate surface area is 107 Å². The number of benzene rings is 1. The Bertz CT molecular complexity index is 494. The number of aromatic nitrogens is 1. The molecule has 98 valence electrons. The third kappa shape index (κ3) is 3.10. The number of aromatic amines is 1. The molecule has 0 aliphatic heterocycles. The molecule has 0 saturated heterocycles. The van der Waals surface area contributed by atoms with E-state index in [0.717, 1.165) is 13.0 Å². The quantitative estimate of drug-likeness (QED) is 0.712. The maximum atomic E-state index is 9.48. The molecule has 4 heteroatoms. The first-order valence-electron chi connectivity index (χ1n) is 6.32. The number of hydrogen-bond donors (Lipinski definition) is 3. The van der Waals surface area contributed by atoms with Crippen LogP contribution in [0.25, 0.3) is 10.9 Å². The highest BCUT2D eigenvalue weighted by Gasteiger charge is 2.08. The van der Waals surface area contributed by atoms with Crippen molar-refractivity contribution in [2.75, 3.05) is 26.7 Å². The van der Waals surface area contributed by atoms with E-state index in [9.17, 15) is 5.11 Å². The van der Waals surface area contributed by atoms with Gasteiger partial charge in [-0.3, -0.25) is 0 Å². The van der Waals surface area contributed by atoms with Crippen molar-refractivity contribution in [3.8, 4) is 0 Å². The summed E-state index contributed by atoms with van der Waals surface area (Å²) in [6.07, 6.45) is 2.60. The lowest BCUT2D eigenvalue weighted by Crippen LogP contribution is -2.35. The molecule has 0 bridgehead atoms. The molecule has 0 radical (unpaired) electrons. The van der Waals surface area contributed by atoms with Crippen molar-refractivity contribution >= 4 is 10.9 Å². The van der Waals surface area contributed by atoms with E-state index >= 15 is 0 Å². The van der Waals surface area contributed by atoms with Gasteiger partial charge in [-0.05, 0) is 25.1 Å². The maximum absolute atomic E-state index is 9.48. The van der Waals surface area contributed by atoms with Crippen LogP contribution in [0.4, 0.5) is 0 Å². The zero-order chi connectivity index (χ0) is 13.0. The van der Waals surface area contributed by atoms with Crippen molar-refractivity contribution in [1.82, 2.24) is 9.88 Å². The summed E-state index contributed by atoms with van der Waals surface area (Å²) < 4.78 is 0. The average Bonchev–Trinajstić information content (AvgIpc) is 2.79. The number of likely N-dealkylation sites (N-methyl/N-ethyl adjacent to an activating group) is 1. The number of para-hydroxylation sites is 1. The fourth-order valence-corrected chi connectivity index (χ4v) is 2.18. The minimum atomic E-state index is -0.432. The second-order valence-electron chi connectivity index (χ2n) is 4.76. The lowest BCUT2D eigenvalue weighted by Gasteiger charge is -2.19. The van der Waals surface area contributed by atoms with Crippen LogP contribution in [0.15, 0.2) is 30.5 Å². The largest absolute Gasteiger partial charge is 0.390 e. The van der Waals surface area contributed by atoms with E-state index in [-0.39, 0.29) is 0 Å². The first kappa shape index (κ1) is 13.1. The fraction of sp³-hybridized carbons (Fsp3) is 0.429. The molecule has 0 fully saturated rings. The smallest absolute Gasteiger partial charge is 0.0788 e. The van der Waals surface area contributed by atoms with Crippen LogP contribution in [0.2, 0.25) is 0 Å². The molecule has 0 aliphatic carbocycles. The third-order valence-corrected chi connectivity index (χ3v) is 3.23. The van der Waals surface area contributed by atoms with Gasteiger partial charge in [-0.15, -0.1) is 0 Å². The molecule has 4 N–H and O–H groups in total. The maximum Gasteiger partial charge on any atom is 0.0788 e. The molecular weight excluding hydrogens is 226 g/mol. The molecule has 1 heterocycles. The minimum Gasteiger partial charge on any atom is -0.390 e. The topological polar surface area (TPSA) is 65.3 Å². The van der Waals surface area contributed by atoms with Crippen LogP contribution in [0, 0.1) is 0 Å². The summed E-state index contributed by atoms with van der Waals surface area (Å²) in [5.74, 6) is 0. The van der Waals surface area contributed by atoms with E-state index in [2.05, 4.69) is 34.3 Å². The van der Waals surface area contributed by atoms with E-state index in [4.69, 9.17) is 5.73 Å². The van der Waals surface area contributed by atoms with Gasteiger partial charge in [-0.25, -0.2) is 0 Å². The summed E-state index contributed by atoms with van der Waals surface area (Å²) in [6, 6.07) is 8.31. The Morgan fingerprint density at radius 1 is 1.39 bits per heavy atom. The van der Waals surface area contributed by atoms with Gasteiger partial charge in [0, 0.05) is 36.7 Å². The molecule has 2 aromatic rings. The van der Waals surface area contributed by atoms with Crippen LogP contribution in [-0.4, -0.2) is 47.8 Å². The molecule has 0 aliphatic rings. The average molecular weight is 247 g/mol. The van der Waals surface area contributed by atoms with E-state index < -0.39 is 6.10 Å². The molecule has 18 heavy (non-hydrogen) atoms. The number of hydrogen-bond acceptors (Lipinski definition) is 3. The third-order valence-electron chi connectivity index (χ3n) is 3.23. The van der Waals surface area contributed by atoms with Crippen LogP contribution in [0.5, 0.6) is 0 Å². The molecule has 1 aromatic heterocycles. The summed E-state index contributed by atoms with van der Waals surface area (Å²) in [4.78, 5) is 5.39. The predicted molar refractivity (Wildman–Crippen MR) is 74.6 cm³/mol. The van der Waals surface area contributed by atoms with Gasteiger partial charge in [-0.1, -0.05) is 18.2 Å². The molecule has 1 aromatic carbocycles. The number of nitrogens with zero attached hydrogens (tertiary/aromatic N) is 1. The summed E-state index contributed by atoms with van der Waals surface area (Å²) in [6.45, 7) is 1.86. The highest BCUT2D eigenvalue weighted by molar-refractivity contribution is 5.83. The summed E-state index contributed by atoms with van der Waals surface area (Å²) >= 11 is 0. The van der Waals surface area contributed by atoms with Gasteiger partial charge < -0.3 is 20.7 Å². The summed E-state index contributed by atoms with van der Waals surface area (Å²) in [5.41, 5.74) is 7.90. The van der Waals surface area contributed by atoms with Crippen LogP contribution in [-0.2, 0) is 6.42 Å². The number of nitrogens with one attached hydrogen (secondary N) is 1. The molecule has 1 atom stereocenters. The lowest BCUT2D eigenvalue weighted by atomic mass is 10.1. The second kappa shape index (κ2) is 6.00. The molecule has 0 spiro atoms. The van der Waals surface area contributed by atoms with Crippen molar-refractivity contribution < 1.29 is 5.11 Å². The number of nitrogens with two attached hydrogens (primary N) is 1. The van der Waals surface area contributed by atoms with Crippen molar-refractivity contribution in [3.63, 3.8) is 0 Å². The van der Waals surface area contributed by atoms with Gasteiger partial charge in [0.15, 0.2) is 0 Å². The highest BCUT2D eigenvalue weighted by Crippen LogP contribution is 2.18. The van der Waals surface area contributed by atoms with Crippen molar-refractivity contribution in [2.24, 2.45) is 5.73 Å². The van der Waals surface area contributed by atoms with Crippen LogP contribution in [0.3, 0.4) is 0 Å². The number of aliphatic hydroxyl groups excluding tert-OH is 1. The fourth-order valence-electron chi connectivity index (χ4n) is 2.18. The SMILES string of the molecule is CN(CCc1c[nH]c2ccccc12)CC(O)CN. The van der Waals surface area contributed by atoms with E-state index in [1.807, 2.05) is 13.1 Å². The van der Waals surface area contributed by atoms with Crippen molar-refractivity contribution in [3.05, 3.63) is 36.0 Å². The van der Waals surface area contributed by atoms with Gasteiger partial charge in [-0.2, -0.15) is 0 Å². The van der Waals surface area contributed by atoms with Gasteiger partial charge >= 0.3 is 0 Å². The Balaban J connectivity index is 1.94.